The fourth-order valence-corrected chi connectivity index (χ4v) is 2.83. The Hall–Kier alpha value is -0.580. The van der Waals surface area contributed by atoms with E-state index in [0.717, 1.165) is 36.0 Å². The summed E-state index contributed by atoms with van der Waals surface area (Å²) in [6.07, 6.45) is 2.02. The fraction of sp³-hybridized carbons (Fsp3) is 0.500. The minimum Gasteiger partial charge on any atom is -0.339 e. The van der Waals surface area contributed by atoms with E-state index in [0.29, 0.717) is 5.92 Å². The highest BCUT2D eigenvalue weighted by Crippen LogP contribution is 2.21. The van der Waals surface area contributed by atoms with Crippen LogP contribution in [0.1, 0.15) is 30.1 Å². The van der Waals surface area contributed by atoms with Crippen LogP contribution in [0, 0.1) is 5.92 Å². The molecule has 1 aliphatic heterocycles. The van der Waals surface area contributed by atoms with Gasteiger partial charge in [-0.05, 0) is 43.9 Å². The number of amides is 1. The molecule has 1 aromatic carbocycles. The maximum absolute atomic E-state index is 12.3. The summed E-state index contributed by atoms with van der Waals surface area (Å²) in [5, 5.41) is 0. The minimum absolute atomic E-state index is 0. The number of likely N-dealkylation sites (tertiary alicyclic amines) is 1. The monoisotopic (exact) mass is 346 g/mol. The predicted octanol–water partition coefficient (Wildman–Crippen LogP) is 3.07. The number of carbonyl (C=O) groups excluding carboxylic acids is 1. The van der Waals surface area contributed by atoms with Gasteiger partial charge in [0.05, 0.1) is 0 Å². The second-order valence-corrected chi connectivity index (χ2v) is 5.91. The molecular formula is C14H20BrClN2O. The van der Waals surface area contributed by atoms with E-state index < -0.39 is 0 Å². The van der Waals surface area contributed by atoms with Crippen molar-refractivity contribution in [2.24, 2.45) is 11.7 Å². The number of rotatable bonds is 2. The molecule has 0 spiro atoms. The molecule has 0 saturated carbocycles. The molecule has 3 nitrogen and oxygen atoms in total. The highest BCUT2D eigenvalue weighted by Gasteiger charge is 2.25. The SMILES string of the molecule is CC(N)C1CCN(C(=O)c2cccc(Br)c2)CC1.Cl. The standard InChI is InChI=1S/C14H19BrN2O.ClH/c1-10(16)11-5-7-17(8-6-11)14(18)12-3-2-4-13(15)9-12;/h2-4,9-11H,5-8,16H2,1H3;1H. The maximum Gasteiger partial charge on any atom is 0.253 e. The van der Waals surface area contributed by atoms with Crippen LogP contribution in [0.4, 0.5) is 0 Å². The molecule has 0 aromatic heterocycles. The van der Waals surface area contributed by atoms with Crippen molar-refractivity contribution in [1.82, 2.24) is 4.90 Å². The molecule has 1 aromatic rings. The first kappa shape index (κ1) is 16.5. The van der Waals surface area contributed by atoms with Gasteiger partial charge in [-0.2, -0.15) is 0 Å². The summed E-state index contributed by atoms with van der Waals surface area (Å²) in [6.45, 7) is 3.69. The Balaban J connectivity index is 0.00000180. The van der Waals surface area contributed by atoms with E-state index in [1.54, 1.807) is 0 Å². The highest BCUT2D eigenvalue weighted by atomic mass is 79.9. The number of hydrogen-bond acceptors (Lipinski definition) is 2. The van der Waals surface area contributed by atoms with Crippen LogP contribution < -0.4 is 5.73 Å². The Morgan fingerprint density at radius 3 is 2.58 bits per heavy atom. The Labute approximate surface area is 129 Å². The van der Waals surface area contributed by atoms with Crippen molar-refractivity contribution in [2.45, 2.75) is 25.8 Å². The van der Waals surface area contributed by atoms with Gasteiger partial charge >= 0.3 is 0 Å². The van der Waals surface area contributed by atoms with Crippen molar-refractivity contribution in [1.29, 1.82) is 0 Å². The molecule has 2 N–H and O–H groups in total. The van der Waals surface area contributed by atoms with E-state index in [4.69, 9.17) is 5.73 Å². The molecule has 0 aliphatic carbocycles. The fourth-order valence-electron chi connectivity index (χ4n) is 2.43. The number of nitrogens with zero attached hydrogens (tertiary/aromatic N) is 1. The summed E-state index contributed by atoms with van der Waals surface area (Å²) in [4.78, 5) is 14.2. The summed E-state index contributed by atoms with van der Waals surface area (Å²) in [5.41, 5.74) is 6.66. The Bertz CT molecular complexity index is 431. The maximum atomic E-state index is 12.3. The summed E-state index contributed by atoms with van der Waals surface area (Å²) in [7, 11) is 0. The van der Waals surface area contributed by atoms with E-state index in [2.05, 4.69) is 22.9 Å². The lowest BCUT2D eigenvalue weighted by Gasteiger charge is -2.33. The van der Waals surface area contributed by atoms with Crippen molar-refractivity contribution in [3.63, 3.8) is 0 Å². The van der Waals surface area contributed by atoms with E-state index in [9.17, 15) is 4.79 Å². The van der Waals surface area contributed by atoms with Crippen molar-refractivity contribution < 1.29 is 4.79 Å². The average molecular weight is 348 g/mol. The summed E-state index contributed by atoms with van der Waals surface area (Å²) in [6, 6.07) is 7.80. The minimum atomic E-state index is 0. The summed E-state index contributed by atoms with van der Waals surface area (Å²) in [5.74, 6) is 0.677. The number of halogens is 2. The van der Waals surface area contributed by atoms with E-state index in [1.807, 2.05) is 29.2 Å². The third-order valence-corrected chi connectivity index (χ3v) is 4.14. The molecule has 0 bridgehead atoms. The second-order valence-electron chi connectivity index (χ2n) is 5.00. The molecule has 2 rings (SSSR count). The smallest absolute Gasteiger partial charge is 0.253 e. The zero-order chi connectivity index (χ0) is 13.1. The molecule has 1 aliphatic rings. The molecule has 0 radical (unpaired) electrons. The van der Waals surface area contributed by atoms with Crippen LogP contribution in [0.3, 0.4) is 0 Å². The van der Waals surface area contributed by atoms with Crippen molar-refractivity contribution in [3.8, 4) is 0 Å². The van der Waals surface area contributed by atoms with Crippen LogP contribution in [0.2, 0.25) is 0 Å². The molecule has 1 saturated heterocycles. The number of hydrogen-bond donors (Lipinski definition) is 1. The normalized spacial score (nSPS) is 17.7. The molecule has 1 amide bonds. The van der Waals surface area contributed by atoms with Gasteiger partial charge in [0.15, 0.2) is 0 Å². The van der Waals surface area contributed by atoms with Gasteiger partial charge in [0.1, 0.15) is 0 Å². The molecule has 106 valence electrons. The molecule has 19 heavy (non-hydrogen) atoms. The van der Waals surface area contributed by atoms with E-state index in [-0.39, 0.29) is 24.4 Å². The lowest BCUT2D eigenvalue weighted by atomic mass is 9.90. The van der Waals surface area contributed by atoms with Crippen LogP contribution >= 0.6 is 28.3 Å². The van der Waals surface area contributed by atoms with Crippen LogP contribution in [0.15, 0.2) is 28.7 Å². The Kier molecular flexibility index (Phi) is 6.30. The van der Waals surface area contributed by atoms with Gasteiger partial charge in [-0.25, -0.2) is 0 Å². The lowest BCUT2D eigenvalue weighted by Crippen LogP contribution is -2.42. The predicted molar refractivity (Wildman–Crippen MR) is 83.7 cm³/mol. The summed E-state index contributed by atoms with van der Waals surface area (Å²) < 4.78 is 0.943. The molecule has 5 heteroatoms. The molecular weight excluding hydrogens is 328 g/mol. The van der Waals surface area contributed by atoms with Gasteiger partial charge in [-0.3, -0.25) is 4.79 Å². The van der Waals surface area contributed by atoms with Gasteiger partial charge in [-0.1, -0.05) is 22.0 Å². The van der Waals surface area contributed by atoms with Crippen LogP contribution in [-0.4, -0.2) is 29.9 Å². The van der Waals surface area contributed by atoms with Gasteiger partial charge in [0.2, 0.25) is 0 Å². The first-order valence-corrected chi connectivity index (χ1v) is 7.17. The van der Waals surface area contributed by atoms with Crippen molar-refractivity contribution >= 4 is 34.2 Å². The van der Waals surface area contributed by atoms with Gasteiger partial charge in [0.25, 0.3) is 5.91 Å². The Morgan fingerprint density at radius 1 is 1.42 bits per heavy atom. The second kappa shape index (κ2) is 7.27. The first-order chi connectivity index (χ1) is 8.58. The largest absolute Gasteiger partial charge is 0.339 e. The van der Waals surface area contributed by atoms with Gasteiger partial charge in [0, 0.05) is 29.2 Å². The molecule has 1 heterocycles. The van der Waals surface area contributed by atoms with Gasteiger partial charge < -0.3 is 10.6 Å². The van der Waals surface area contributed by atoms with Gasteiger partial charge in [-0.15, -0.1) is 12.4 Å². The Morgan fingerprint density at radius 2 is 2.05 bits per heavy atom. The number of piperidine rings is 1. The molecule has 1 unspecified atom stereocenters. The zero-order valence-corrected chi connectivity index (χ0v) is 13.4. The van der Waals surface area contributed by atoms with Crippen molar-refractivity contribution in [3.05, 3.63) is 34.3 Å². The quantitative estimate of drug-likeness (QED) is 0.893. The van der Waals surface area contributed by atoms with Crippen LogP contribution in [0.25, 0.3) is 0 Å². The van der Waals surface area contributed by atoms with E-state index in [1.165, 1.54) is 0 Å². The average Bonchev–Trinajstić information content (AvgIpc) is 2.38. The van der Waals surface area contributed by atoms with E-state index >= 15 is 0 Å². The summed E-state index contributed by atoms with van der Waals surface area (Å²) >= 11 is 3.40. The number of nitrogens with two attached hydrogens (primary N) is 1. The topological polar surface area (TPSA) is 46.3 Å². The third kappa shape index (κ3) is 4.20. The highest BCUT2D eigenvalue weighted by molar-refractivity contribution is 9.10. The zero-order valence-electron chi connectivity index (χ0n) is 11.0. The van der Waals surface area contributed by atoms with Crippen LogP contribution in [-0.2, 0) is 0 Å². The molecule has 1 fully saturated rings. The third-order valence-electron chi connectivity index (χ3n) is 3.64. The number of benzene rings is 1. The van der Waals surface area contributed by atoms with Crippen LogP contribution in [0.5, 0.6) is 0 Å². The van der Waals surface area contributed by atoms with Crippen molar-refractivity contribution in [2.75, 3.05) is 13.1 Å². The first-order valence-electron chi connectivity index (χ1n) is 6.38. The molecule has 1 atom stereocenters. The lowest BCUT2D eigenvalue weighted by molar-refractivity contribution is 0.0681. The number of carbonyl (C=O) groups is 1.